The van der Waals surface area contributed by atoms with Crippen LogP contribution in [0.25, 0.3) is 0 Å². The van der Waals surface area contributed by atoms with Crippen molar-refractivity contribution >= 4 is 23.1 Å². The van der Waals surface area contributed by atoms with Gasteiger partial charge in [0.2, 0.25) is 0 Å². The Hall–Kier alpha value is -1.71. The molecule has 0 atom stereocenters. The second-order valence-corrected chi connectivity index (χ2v) is 9.95. The number of hydrogen-bond acceptors (Lipinski definition) is 2. The molecule has 0 saturated carbocycles. The summed E-state index contributed by atoms with van der Waals surface area (Å²) in [5.74, 6) is -0.163. The third kappa shape index (κ3) is 3.84. The summed E-state index contributed by atoms with van der Waals surface area (Å²) in [4.78, 5) is 0. The van der Waals surface area contributed by atoms with E-state index >= 15 is 0 Å². The fraction of sp³-hybridized carbons (Fsp3) is 0.182. The SMILES string of the molecule is CC(C)(C)c1ccc(P(=O)(c2ccccc2)c2ccccc2)c([O-])c1.[Li+]. The van der Waals surface area contributed by atoms with Gasteiger partial charge in [0.15, 0.2) is 7.14 Å². The number of rotatable bonds is 3. The van der Waals surface area contributed by atoms with Crippen LogP contribution in [0, 0.1) is 0 Å². The van der Waals surface area contributed by atoms with Gasteiger partial charge >= 0.3 is 18.9 Å². The van der Waals surface area contributed by atoms with E-state index in [1.807, 2.05) is 66.7 Å². The summed E-state index contributed by atoms with van der Waals surface area (Å²) in [5, 5.41) is 14.6. The van der Waals surface area contributed by atoms with Crippen molar-refractivity contribution in [2.45, 2.75) is 26.2 Å². The molecule has 0 fully saturated rings. The molecule has 128 valence electrons. The molecule has 3 rings (SSSR count). The first kappa shape index (κ1) is 20.6. The van der Waals surface area contributed by atoms with Gasteiger partial charge in [-0.05, 0) is 11.0 Å². The second kappa shape index (κ2) is 7.89. The van der Waals surface area contributed by atoms with Crippen LogP contribution in [0.2, 0.25) is 0 Å². The van der Waals surface area contributed by atoms with Gasteiger partial charge in [0.05, 0.1) is 0 Å². The van der Waals surface area contributed by atoms with E-state index in [0.29, 0.717) is 15.9 Å². The summed E-state index contributed by atoms with van der Waals surface area (Å²) in [6.45, 7) is 6.19. The number of benzene rings is 3. The molecule has 0 bridgehead atoms. The molecule has 26 heavy (non-hydrogen) atoms. The molecule has 0 unspecified atom stereocenters. The van der Waals surface area contributed by atoms with Crippen molar-refractivity contribution in [1.82, 2.24) is 0 Å². The third-order valence-electron chi connectivity index (χ3n) is 4.40. The van der Waals surface area contributed by atoms with Gasteiger partial charge < -0.3 is 9.67 Å². The Morgan fingerprint density at radius 3 is 1.62 bits per heavy atom. The molecule has 0 aliphatic rings. The molecule has 0 N–H and O–H groups in total. The van der Waals surface area contributed by atoms with Crippen LogP contribution < -0.4 is 39.9 Å². The molecule has 0 amide bonds. The summed E-state index contributed by atoms with van der Waals surface area (Å²) in [5.41, 5.74) is 0.829. The van der Waals surface area contributed by atoms with E-state index in [1.165, 1.54) is 0 Å². The van der Waals surface area contributed by atoms with Crippen LogP contribution in [0.3, 0.4) is 0 Å². The summed E-state index contributed by atoms with van der Waals surface area (Å²) in [7, 11) is -3.20. The zero-order valence-electron chi connectivity index (χ0n) is 15.8. The first-order chi connectivity index (χ1) is 11.8. The van der Waals surface area contributed by atoms with Crippen molar-refractivity contribution in [3.63, 3.8) is 0 Å². The minimum Gasteiger partial charge on any atom is -0.872 e. The van der Waals surface area contributed by atoms with Crippen molar-refractivity contribution < 1.29 is 28.5 Å². The quantitative estimate of drug-likeness (QED) is 0.512. The third-order valence-corrected chi connectivity index (χ3v) is 7.50. The number of hydrogen-bond donors (Lipinski definition) is 0. The largest absolute Gasteiger partial charge is 1.00 e. The Morgan fingerprint density at radius 1 is 0.769 bits per heavy atom. The smallest absolute Gasteiger partial charge is 0.872 e. The Labute approximate surface area is 167 Å². The Bertz CT molecular complexity index is 872. The molecular formula is C22H22LiO2P. The maximum atomic E-state index is 14.2. The molecule has 0 radical (unpaired) electrons. The minimum absolute atomic E-state index is 0. The van der Waals surface area contributed by atoms with E-state index in [9.17, 15) is 9.67 Å². The molecule has 0 aliphatic heterocycles. The Balaban J connectivity index is 0.00000243. The van der Waals surface area contributed by atoms with E-state index in [1.54, 1.807) is 12.1 Å². The summed E-state index contributed by atoms with van der Waals surface area (Å²) >= 11 is 0. The monoisotopic (exact) mass is 356 g/mol. The molecule has 0 spiro atoms. The van der Waals surface area contributed by atoms with Gasteiger partial charge in [0.1, 0.15) is 0 Å². The van der Waals surface area contributed by atoms with Crippen LogP contribution in [-0.2, 0) is 9.98 Å². The standard InChI is InChI=1S/C22H23O2P.Li/c1-22(2,3)17-14-15-21(20(23)16-17)25(24,18-10-6-4-7-11-18)19-12-8-5-9-13-19;/h4-16,23H,1-3H3;/q;+1/p-1. The minimum atomic E-state index is -3.20. The maximum Gasteiger partial charge on any atom is 1.00 e. The first-order valence-electron chi connectivity index (χ1n) is 8.37. The molecule has 3 aromatic rings. The van der Waals surface area contributed by atoms with E-state index in [0.717, 1.165) is 5.56 Å². The van der Waals surface area contributed by atoms with Crippen molar-refractivity contribution in [2.75, 3.05) is 0 Å². The van der Waals surface area contributed by atoms with Gasteiger partial charge in [-0.25, -0.2) is 0 Å². The zero-order valence-corrected chi connectivity index (χ0v) is 16.7. The summed E-state index contributed by atoms with van der Waals surface area (Å²) in [6.07, 6.45) is 0. The van der Waals surface area contributed by atoms with Crippen LogP contribution in [0.4, 0.5) is 0 Å². The normalized spacial score (nSPS) is 11.7. The van der Waals surface area contributed by atoms with Gasteiger partial charge in [-0.15, -0.1) is 0 Å². The van der Waals surface area contributed by atoms with Gasteiger partial charge in [0.25, 0.3) is 0 Å². The fourth-order valence-electron chi connectivity index (χ4n) is 2.94. The van der Waals surface area contributed by atoms with E-state index < -0.39 is 7.14 Å². The van der Waals surface area contributed by atoms with Gasteiger partial charge in [-0.1, -0.05) is 105 Å². The molecule has 0 aliphatic carbocycles. The molecule has 3 aromatic carbocycles. The zero-order chi connectivity index (χ0) is 18.1. The average Bonchev–Trinajstić information content (AvgIpc) is 2.62. The topological polar surface area (TPSA) is 40.1 Å². The maximum absolute atomic E-state index is 14.2. The predicted molar refractivity (Wildman–Crippen MR) is 104 cm³/mol. The second-order valence-electron chi connectivity index (χ2n) is 7.21. The average molecular weight is 356 g/mol. The van der Waals surface area contributed by atoms with Gasteiger partial charge in [-0.3, -0.25) is 0 Å². The molecule has 0 saturated heterocycles. The Kier molecular flexibility index (Phi) is 6.25. The predicted octanol–water partition coefficient (Wildman–Crippen LogP) is 0.701. The summed E-state index contributed by atoms with van der Waals surface area (Å²) in [6, 6.07) is 23.9. The van der Waals surface area contributed by atoms with Crippen LogP contribution in [0.5, 0.6) is 5.75 Å². The van der Waals surface area contributed by atoms with Gasteiger partial charge in [-0.2, -0.15) is 0 Å². The van der Waals surface area contributed by atoms with Crippen LogP contribution in [0.1, 0.15) is 26.3 Å². The van der Waals surface area contributed by atoms with Crippen molar-refractivity contribution in [3.8, 4) is 5.75 Å². The van der Waals surface area contributed by atoms with Gasteiger partial charge in [0, 0.05) is 15.9 Å². The van der Waals surface area contributed by atoms with Crippen LogP contribution in [-0.4, -0.2) is 0 Å². The molecule has 0 heterocycles. The van der Waals surface area contributed by atoms with Crippen LogP contribution >= 0.6 is 7.14 Å². The molecular weight excluding hydrogens is 334 g/mol. The van der Waals surface area contributed by atoms with E-state index in [-0.39, 0.29) is 30.0 Å². The van der Waals surface area contributed by atoms with Crippen molar-refractivity contribution in [1.29, 1.82) is 0 Å². The fourth-order valence-corrected chi connectivity index (χ4v) is 5.64. The van der Waals surface area contributed by atoms with E-state index in [2.05, 4.69) is 20.8 Å². The first-order valence-corrected chi connectivity index (χ1v) is 10.1. The van der Waals surface area contributed by atoms with E-state index in [4.69, 9.17) is 0 Å². The molecule has 4 heteroatoms. The van der Waals surface area contributed by atoms with Crippen LogP contribution in [0.15, 0.2) is 78.9 Å². The molecule has 2 nitrogen and oxygen atoms in total. The summed E-state index contributed by atoms with van der Waals surface area (Å²) < 4.78 is 14.2. The van der Waals surface area contributed by atoms with Crippen molar-refractivity contribution in [2.24, 2.45) is 0 Å². The Morgan fingerprint density at radius 2 is 1.23 bits per heavy atom. The molecule has 0 aromatic heterocycles. The van der Waals surface area contributed by atoms with Crippen molar-refractivity contribution in [3.05, 3.63) is 84.4 Å².